The van der Waals surface area contributed by atoms with Gasteiger partial charge in [-0.3, -0.25) is 0 Å². The van der Waals surface area contributed by atoms with Crippen LogP contribution in [-0.4, -0.2) is 18.7 Å². The lowest BCUT2D eigenvalue weighted by Crippen LogP contribution is -2.43. The molecule has 2 nitrogen and oxygen atoms in total. The molecular formula is C19H33NO. The van der Waals surface area contributed by atoms with Gasteiger partial charge in [-0.2, -0.15) is 0 Å². The van der Waals surface area contributed by atoms with E-state index in [-0.39, 0.29) is 11.0 Å². The zero-order valence-electron chi connectivity index (χ0n) is 14.9. The van der Waals surface area contributed by atoms with Crippen molar-refractivity contribution in [2.75, 3.05) is 13.2 Å². The first-order valence-corrected chi connectivity index (χ1v) is 8.11. The van der Waals surface area contributed by atoms with Gasteiger partial charge in [-0.05, 0) is 44.7 Å². The molecule has 0 bridgehead atoms. The predicted molar refractivity (Wildman–Crippen MR) is 92.2 cm³/mol. The van der Waals surface area contributed by atoms with E-state index in [2.05, 4.69) is 78.0 Å². The standard InChI is InChI=1S/C19H33NO/c1-8-15(2)16-11-9-10-12-17(16)21-14-19(6,7)13-20-18(3,4)5/h9-12,15,20H,8,13-14H2,1-7H3. The average molecular weight is 291 g/mol. The number of rotatable bonds is 7. The van der Waals surface area contributed by atoms with Gasteiger partial charge in [-0.25, -0.2) is 0 Å². The van der Waals surface area contributed by atoms with Gasteiger partial charge in [0.15, 0.2) is 0 Å². The minimum atomic E-state index is 0.107. The van der Waals surface area contributed by atoms with Crippen molar-refractivity contribution in [1.82, 2.24) is 5.32 Å². The summed E-state index contributed by atoms with van der Waals surface area (Å²) in [5.41, 5.74) is 1.57. The van der Waals surface area contributed by atoms with E-state index < -0.39 is 0 Å². The lowest BCUT2D eigenvalue weighted by atomic mass is 9.93. The molecule has 1 unspecified atom stereocenters. The molecule has 0 amide bonds. The number of hydrogen-bond donors (Lipinski definition) is 1. The van der Waals surface area contributed by atoms with Gasteiger partial charge in [0.25, 0.3) is 0 Å². The second kappa shape index (κ2) is 7.31. The average Bonchev–Trinajstić information content (AvgIpc) is 2.42. The van der Waals surface area contributed by atoms with E-state index >= 15 is 0 Å². The molecule has 1 N–H and O–H groups in total. The molecule has 0 fully saturated rings. The molecule has 120 valence electrons. The third-order valence-corrected chi connectivity index (χ3v) is 3.78. The largest absolute Gasteiger partial charge is 0.493 e. The SMILES string of the molecule is CCC(C)c1ccccc1OCC(C)(C)CNC(C)(C)C. The highest BCUT2D eigenvalue weighted by atomic mass is 16.5. The highest BCUT2D eigenvalue weighted by Gasteiger charge is 2.22. The summed E-state index contributed by atoms with van der Waals surface area (Å²) >= 11 is 0. The molecule has 0 radical (unpaired) electrons. The van der Waals surface area contributed by atoms with Crippen LogP contribution in [0.5, 0.6) is 5.75 Å². The quantitative estimate of drug-likeness (QED) is 0.764. The zero-order chi connectivity index (χ0) is 16.1. The zero-order valence-corrected chi connectivity index (χ0v) is 14.9. The van der Waals surface area contributed by atoms with Crippen molar-refractivity contribution in [2.24, 2.45) is 5.41 Å². The van der Waals surface area contributed by atoms with Crippen molar-refractivity contribution in [3.05, 3.63) is 29.8 Å². The molecular weight excluding hydrogens is 258 g/mol. The maximum atomic E-state index is 6.15. The lowest BCUT2D eigenvalue weighted by Gasteiger charge is -2.31. The molecule has 1 aromatic rings. The molecule has 0 spiro atoms. The summed E-state index contributed by atoms with van der Waals surface area (Å²) in [7, 11) is 0. The van der Waals surface area contributed by atoms with Gasteiger partial charge in [0.2, 0.25) is 0 Å². The Kier molecular flexibility index (Phi) is 6.27. The number of nitrogens with one attached hydrogen (secondary N) is 1. The van der Waals surface area contributed by atoms with Gasteiger partial charge in [0, 0.05) is 17.5 Å². The molecule has 1 aromatic carbocycles. The maximum absolute atomic E-state index is 6.15. The molecule has 1 atom stereocenters. The third-order valence-electron chi connectivity index (χ3n) is 3.78. The fourth-order valence-electron chi connectivity index (χ4n) is 2.07. The van der Waals surface area contributed by atoms with Gasteiger partial charge in [-0.1, -0.05) is 45.9 Å². The van der Waals surface area contributed by atoms with Crippen molar-refractivity contribution in [2.45, 2.75) is 66.3 Å². The topological polar surface area (TPSA) is 21.3 Å². The minimum Gasteiger partial charge on any atom is -0.493 e. The Morgan fingerprint density at radius 1 is 1.10 bits per heavy atom. The summed E-state index contributed by atoms with van der Waals surface area (Å²) in [6.45, 7) is 17.2. The monoisotopic (exact) mass is 291 g/mol. The Morgan fingerprint density at radius 2 is 1.71 bits per heavy atom. The summed E-state index contributed by atoms with van der Waals surface area (Å²) in [6, 6.07) is 8.43. The first-order valence-electron chi connectivity index (χ1n) is 8.11. The summed E-state index contributed by atoms with van der Waals surface area (Å²) in [6.07, 6.45) is 1.13. The Morgan fingerprint density at radius 3 is 2.29 bits per heavy atom. The normalized spacial score (nSPS) is 14.0. The molecule has 0 aliphatic rings. The molecule has 0 heterocycles. The predicted octanol–water partition coefficient (Wildman–Crippen LogP) is 4.99. The van der Waals surface area contributed by atoms with Gasteiger partial charge in [0.1, 0.15) is 5.75 Å². The van der Waals surface area contributed by atoms with Crippen LogP contribution in [0.4, 0.5) is 0 Å². The van der Waals surface area contributed by atoms with Crippen LogP contribution in [0.25, 0.3) is 0 Å². The van der Waals surface area contributed by atoms with Crippen molar-refractivity contribution >= 4 is 0 Å². The van der Waals surface area contributed by atoms with Gasteiger partial charge in [-0.15, -0.1) is 0 Å². The highest BCUT2D eigenvalue weighted by molar-refractivity contribution is 5.35. The molecule has 0 aromatic heterocycles. The fraction of sp³-hybridized carbons (Fsp3) is 0.684. The van der Waals surface area contributed by atoms with E-state index in [1.807, 2.05) is 0 Å². The number of hydrogen-bond acceptors (Lipinski definition) is 2. The van der Waals surface area contributed by atoms with Gasteiger partial charge < -0.3 is 10.1 Å². The second-order valence-corrected chi connectivity index (χ2v) is 7.90. The Labute approximate surface area is 131 Å². The highest BCUT2D eigenvalue weighted by Crippen LogP contribution is 2.29. The second-order valence-electron chi connectivity index (χ2n) is 7.90. The van der Waals surface area contributed by atoms with E-state index in [9.17, 15) is 0 Å². The molecule has 21 heavy (non-hydrogen) atoms. The Balaban J connectivity index is 2.66. The van der Waals surface area contributed by atoms with Crippen LogP contribution in [0.15, 0.2) is 24.3 Å². The van der Waals surface area contributed by atoms with Crippen molar-refractivity contribution in [1.29, 1.82) is 0 Å². The minimum absolute atomic E-state index is 0.107. The van der Waals surface area contributed by atoms with E-state index in [0.717, 1.165) is 25.3 Å². The van der Waals surface area contributed by atoms with Crippen molar-refractivity contribution in [3.63, 3.8) is 0 Å². The number of benzene rings is 1. The van der Waals surface area contributed by atoms with E-state index in [1.54, 1.807) is 0 Å². The smallest absolute Gasteiger partial charge is 0.122 e. The van der Waals surface area contributed by atoms with Gasteiger partial charge in [0.05, 0.1) is 6.61 Å². The Bertz CT molecular complexity index is 431. The molecule has 0 saturated carbocycles. The van der Waals surface area contributed by atoms with Crippen molar-refractivity contribution in [3.8, 4) is 5.75 Å². The van der Waals surface area contributed by atoms with Crippen LogP contribution in [0.3, 0.4) is 0 Å². The van der Waals surface area contributed by atoms with E-state index in [1.165, 1.54) is 5.56 Å². The van der Waals surface area contributed by atoms with E-state index in [4.69, 9.17) is 4.74 Å². The Hall–Kier alpha value is -1.02. The van der Waals surface area contributed by atoms with Gasteiger partial charge >= 0.3 is 0 Å². The molecule has 0 aliphatic carbocycles. The summed E-state index contributed by atoms with van der Waals surface area (Å²) in [4.78, 5) is 0. The first-order chi connectivity index (χ1) is 9.64. The number of para-hydroxylation sites is 1. The van der Waals surface area contributed by atoms with Crippen LogP contribution >= 0.6 is 0 Å². The van der Waals surface area contributed by atoms with Crippen molar-refractivity contribution < 1.29 is 4.74 Å². The van der Waals surface area contributed by atoms with Crippen LogP contribution < -0.4 is 10.1 Å². The number of ether oxygens (including phenoxy) is 1. The molecule has 2 heteroatoms. The molecule has 1 rings (SSSR count). The van der Waals surface area contributed by atoms with Crippen LogP contribution in [0, 0.1) is 5.41 Å². The maximum Gasteiger partial charge on any atom is 0.122 e. The first kappa shape index (κ1) is 18.0. The van der Waals surface area contributed by atoms with E-state index in [0.29, 0.717) is 5.92 Å². The fourth-order valence-corrected chi connectivity index (χ4v) is 2.07. The third kappa shape index (κ3) is 6.52. The summed E-state index contributed by atoms with van der Waals surface area (Å²) in [5.74, 6) is 1.58. The summed E-state index contributed by atoms with van der Waals surface area (Å²) < 4.78 is 6.15. The molecule has 0 aliphatic heterocycles. The van der Waals surface area contributed by atoms with Crippen LogP contribution in [0.2, 0.25) is 0 Å². The van der Waals surface area contributed by atoms with Crippen LogP contribution in [0.1, 0.15) is 66.4 Å². The van der Waals surface area contributed by atoms with Crippen LogP contribution in [-0.2, 0) is 0 Å². The molecule has 0 saturated heterocycles. The summed E-state index contributed by atoms with van der Waals surface area (Å²) in [5, 5.41) is 3.57. The lowest BCUT2D eigenvalue weighted by molar-refractivity contribution is 0.164.